The van der Waals surface area contributed by atoms with Crippen LogP contribution in [0.3, 0.4) is 0 Å². The Morgan fingerprint density at radius 3 is 2.53 bits per heavy atom. The zero-order valence-corrected chi connectivity index (χ0v) is 19.6. The van der Waals surface area contributed by atoms with Crippen LogP contribution in [0.5, 0.6) is 0 Å². The van der Waals surface area contributed by atoms with Crippen LogP contribution in [0.25, 0.3) is 10.2 Å². The quantitative estimate of drug-likeness (QED) is 0.180. The summed E-state index contributed by atoms with van der Waals surface area (Å²) >= 11 is 4.81. The largest absolute Gasteiger partial charge is 0.280 e. The van der Waals surface area contributed by atoms with Crippen LogP contribution in [-0.2, 0) is 0 Å². The summed E-state index contributed by atoms with van der Waals surface area (Å²) in [6.45, 7) is 3.94. The van der Waals surface area contributed by atoms with Crippen molar-refractivity contribution in [1.29, 1.82) is 0 Å². The van der Waals surface area contributed by atoms with Crippen molar-refractivity contribution in [3.8, 4) is 0 Å². The molecule has 0 fully saturated rings. The number of nitro benzene ring substituents is 1. The first-order chi connectivity index (χ1) is 15.3. The summed E-state index contributed by atoms with van der Waals surface area (Å²) in [6, 6.07) is 17.1. The van der Waals surface area contributed by atoms with Crippen LogP contribution in [0.1, 0.15) is 27.0 Å². The molecule has 0 atom stereocenters. The molecule has 4 rings (SSSR count). The van der Waals surface area contributed by atoms with Gasteiger partial charge in [0.15, 0.2) is 0 Å². The molecule has 0 spiro atoms. The van der Waals surface area contributed by atoms with E-state index < -0.39 is 4.92 Å². The number of benzene rings is 3. The zero-order valence-electron chi connectivity index (χ0n) is 17.2. The number of carbonyl (C=O) groups is 1. The van der Waals surface area contributed by atoms with E-state index in [0.29, 0.717) is 16.3 Å². The van der Waals surface area contributed by atoms with Crippen molar-refractivity contribution in [2.24, 2.45) is 5.10 Å². The van der Waals surface area contributed by atoms with E-state index >= 15 is 0 Å². The molecule has 0 unspecified atom stereocenters. The Bertz CT molecular complexity index is 1370. The molecule has 160 valence electrons. The zero-order chi connectivity index (χ0) is 22.8. The number of nitrogens with zero attached hydrogens (tertiary/aromatic N) is 4. The average Bonchev–Trinajstić information content (AvgIpc) is 3.18. The minimum Gasteiger partial charge on any atom is -0.267 e. The highest BCUT2D eigenvalue weighted by molar-refractivity contribution is 9.10. The Morgan fingerprint density at radius 2 is 1.84 bits per heavy atom. The first kappa shape index (κ1) is 21.8. The number of hydrogen-bond acceptors (Lipinski definition) is 6. The number of carbonyl (C=O) groups excluding carboxylic acids is 1. The van der Waals surface area contributed by atoms with Gasteiger partial charge in [-0.25, -0.2) is 4.98 Å². The predicted molar refractivity (Wildman–Crippen MR) is 131 cm³/mol. The minimum absolute atomic E-state index is 0.0121. The molecule has 1 aromatic heterocycles. The molecule has 7 nitrogen and oxygen atoms in total. The summed E-state index contributed by atoms with van der Waals surface area (Å²) in [5, 5.41) is 17.0. The third kappa shape index (κ3) is 4.58. The molecule has 1 amide bonds. The van der Waals surface area contributed by atoms with E-state index in [2.05, 4.69) is 26.0 Å². The Labute approximate surface area is 196 Å². The lowest BCUT2D eigenvalue weighted by molar-refractivity contribution is -0.384. The van der Waals surface area contributed by atoms with Gasteiger partial charge in [0.25, 0.3) is 11.6 Å². The van der Waals surface area contributed by atoms with E-state index in [0.717, 1.165) is 25.8 Å². The average molecular weight is 509 g/mol. The normalized spacial score (nSPS) is 11.2. The van der Waals surface area contributed by atoms with E-state index in [1.807, 2.05) is 44.2 Å². The molecule has 0 bridgehead atoms. The van der Waals surface area contributed by atoms with E-state index in [1.165, 1.54) is 34.7 Å². The van der Waals surface area contributed by atoms with E-state index in [1.54, 1.807) is 18.2 Å². The van der Waals surface area contributed by atoms with Crippen molar-refractivity contribution < 1.29 is 9.72 Å². The van der Waals surface area contributed by atoms with E-state index in [4.69, 9.17) is 0 Å². The number of thiazole rings is 1. The maximum atomic E-state index is 13.4. The number of non-ortho nitro benzene ring substituents is 1. The van der Waals surface area contributed by atoms with Crippen LogP contribution >= 0.6 is 27.3 Å². The van der Waals surface area contributed by atoms with Crippen molar-refractivity contribution in [2.45, 2.75) is 13.8 Å². The van der Waals surface area contributed by atoms with Gasteiger partial charge in [-0.1, -0.05) is 33.3 Å². The van der Waals surface area contributed by atoms with Crippen LogP contribution in [0, 0.1) is 24.0 Å². The molecule has 1 heterocycles. The number of hydrazone groups is 1. The fraction of sp³-hybridized carbons (Fsp3) is 0.0870. The molecule has 3 aromatic carbocycles. The lowest BCUT2D eigenvalue weighted by atomic mass is 10.1. The summed E-state index contributed by atoms with van der Waals surface area (Å²) in [6.07, 6.45) is 1.49. The van der Waals surface area contributed by atoms with Gasteiger partial charge in [-0.05, 0) is 73.0 Å². The van der Waals surface area contributed by atoms with Crippen molar-refractivity contribution in [2.75, 3.05) is 5.01 Å². The van der Waals surface area contributed by atoms with Crippen LogP contribution in [0.4, 0.5) is 10.8 Å². The maximum absolute atomic E-state index is 13.4. The molecular weight excluding hydrogens is 492 g/mol. The summed E-state index contributed by atoms with van der Waals surface area (Å²) in [4.78, 5) is 28.4. The van der Waals surface area contributed by atoms with Gasteiger partial charge in [-0.3, -0.25) is 14.9 Å². The molecule has 0 saturated heterocycles. The van der Waals surface area contributed by atoms with Gasteiger partial charge >= 0.3 is 0 Å². The maximum Gasteiger partial charge on any atom is 0.280 e. The number of nitro groups is 1. The number of rotatable bonds is 5. The number of aryl methyl sites for hydroxylation is 2. The summed E-state index contributed by atoms with van der Waals surface area (Å²) < 4.78 is 1.83. The molecule has 0 N–H and O–H groups in total. The molecule has 0 aliphatic rings. The van der Waals surface area contributed by atoms with Gasteiger partial charge in [-0.2, -0.15) is 10.1 Å². The number of amides is 1. The van der Waals surface area contributed by atoms with Gasteiger partial charge in [0.05, 0.1) is 21.4 Å². The van der Waals surface area contributed by atoms with Gasteiger partial charge in [0, 0.05) is 22.2 Å². The fourth-order valence-corrected chi connectivity index (χ4v) is 4.44. The number of anilines is 1. The number of aromatic nitrogens is 1. The molecule has 4 aromatic rings. The summed E-state index contributed by atoms with van der Waals surface area (Å²) in [5.41, 5.74) is 3.96. The highest BCUT2D eigenvalue weighted by atomic mass is 79.9. The van der Waals surface area contributed by atoms with Crippen LogP contribution in [-0.4, -0.2) is 22.0 Å². The van der Waals surface area contributed by atoms with Crippen molar-refractivity contribution in [1.82, 2.24) is 4.98 Å². The highest BCUT2D eigenvalue weighted by Crippen LogP contribution is 2.32. The third-order valence-corrected chi connectivity index (χ3v) is 6.38. The van der Waals surface area contributed by atoms with E-state index in [9.17, 15) is 14.9 Å². The Hall–Kier alpha value is -3.43. The van der Waals surface area contributed by atoms with Crippen LogP contribution < -0.4 is 5.01 Å². The monoisotopic (exact) mass is 508 g/mol. The van der Waals surface area contributed by atoms with Crippen LogP contribution in [0.15, 0.2) is 70.2 Å². The summed E-state index contributed by atoms with van der Waals surface area (Å²) in [5.74, 6) is -0.315. The van der Waals surface area contributed by atoms with Crippen molar-refractivity contribution in [3.05, 3.63) is 97.5 Å². The second kappa shape index (κ2) is 8.97. The minimum atomic E-state index is -0.463. The number of halogens is 1. The van der Waals surface area contributed by atoms with Gasteiger partial charge in [0.2, 0.25) is 5.13 Å². The first-order valence-corrected chi connectivity index (χ1v) is 11.2. The fourth-order valence-electron chi connectivity index (χ4n) is 2.97. The molecular formula is C23H17BrN4O3S. The molecule has 0 aliphatic carbocycles. The summed E-state index contributed by atoms with van der Waals surface area (Å²) in [7, 11) is 0. The van der Waals surface area contributed by atoms with Crippen LogP contribution in [0.2, 0.25) is 0 Å². The molecule has 0 radical (unpaired) electrons. The lowest BCUT2D eigenvalue weighted by Gasteiger charge is -2.14. The second-order valence-corrected chi connectivity index (χ2v) is 9.04. The SMILES string of the molecule is Cc1ccc(C(=O)N(/N=C/c2ccc([N+](=O)[O-])cc2)c2nc3ccc(Br)cc3s2)cc1C. The Morgan fingerprint density at radius 1 is 1.09 bits per heavy atom. The highest BCUT2D eigenvalue weighted by Gasteiger charge is 2.21. The Kier molecular flexibility index (Phi) is 6.11. The van der Waals surface area contributed by atoms with Gasteiger partial charge in [-0.15, -0.1) is 0 Å². The smallest absolute Gasteiger partial charge is 0.267 e. The second-order valence-electron chi connectivity index (χ2n) is 7.12. The first-order valence-electron chi connectivity index (χ1n) is 9.58. The predicted octanol–water partition coefficient (Wildman–Crippen LogP) is 6.26. The van der Waals surface area contributed by atoms with Gasteiger partial charge in [0.1, 0.15) is 0 Å². The molecule has 0 saturated carbocycles. The standard InChI is InChI=1S/C23H17BrN4O3S/c1-14-3-6-17(11-15(14)2)22(29)27(23-26-20-10-7-18(24)12-21(20)32-23)25-13-16-4-8-19(9-5-16)28(30)31/h3-13H,1-2H3/b25-13+. The van der Waals surface area contributed by atoms with Gasteiger partial charge < -0.3 is 0 Å². The Balaban J connectivity index is 1.74. The van der Waals surface area contributed by atoms with E-state index in [-0.39, 0.29) is 11.6 Å². The molecule has 32 heavy (non-hydrogen) atoms. The number of hydrogen-bond donors (Lipinski definition) is 0. The molecule has 0 aliphatic heterocycles. The third-order valence-electron chi connectivity index (χ3n) is 4.89. The lowest BCUT2D eigenvalue weighted by Crippen LogP contribution is -2.25. The number of fused-ring (bicyclic) bond motifs is 1. The topological polar surface area (TPSA) is 88.7 Å². The van der Waals surface area contributed by atoms with Crippen molar-refractivity contribution >= 4 is 60.4 Å². The van der Waals surface area contributed by atoms with Crippen molar-refractivity contribution in [3.63, 3.8) is 0 Å². The molecule has 9 heteroatoms.